The Hall–Kier alpha value is -2.22. The van der Waals surface area contributed by atoms with Crippen LogP contribution in [0.5, 0.6) is 0 Å². The summed E-state index contributed by atoms with van der Waals surface area (Å²) >= 11 is 0. The summed E-state index contributed by atoms with van der Waals surface area (Å²) in [5.74, 6) is -0.565. The molecule has 0 radical (unpaired) electrons. The van der Waals surface area contributed by atoms with Gasteiger partial charge in [0, 0.05) is 13.1 Å². The average Bonchev–Trinajstić information content (AvgIpc) is 2.44. The molecule has 2 N–H and O–H groups in total. The summed E-state index contributed by atoms with van der Waals surface area (Å²) in [4.78, 5) is 13.6. The lowest BCUT2D eigenvalue weighted by Crippen LogP contribution is -2.29. The van der Waals surface area contributed by atoms with Crippen LogP contribution in [-0.2, 0) is 4.74 Å². The fraction of sp³-hybridized carbons (Fsp3) is 0.429. The predicted octanol–water partition coefficient (Wildman–Crippen LogP) is 2.04. The molecule has 0 saturated carbocycles. The van der Waals surface area contributed by atoms with E-state index in [1.807, 2.05) is 24.8 Å². The van der Waals surface area contributed by atoms with Crippen LogP contribution in [0.15, 0.2) is 18.2 Å². The van der Waals surface area contributed by atoms with Gasteiger partial charge >= 0.3 is 5.97 Å². The molecular formula is C14H19N3O2. The maximum atomic E-state index is 11.6. The molecule has 0 spiro atoms. The second kappa shape index (κ2) is 6.64. The van der Waals surface area contributed by atoms with Crippen molar-refractivity contribution in [3.63, 3.8) is 0 Å². The number of nitrogen functional groups attached to an aromatic ring is 1. The lowest BCUT2D eigenvalue weighted by atomic mass is 10.1. The molecule has 0 saturated heterocycles. The quantitative estimate of drug-likeness (QED) is 0.648. The molecule has 1 aromatic carbocycles. The van der Waals surface area contributed by atoms with E-state index in [9.17, 15) is 4.79 Å². The predicted molar refractivity (Wildman–Crippen MR) is 74.9 cm³/mol. The van der Waals surface area contributed by atoms with Gasteiger partial charge in [-0.2, -0.15) is 5.26 Å². The highest BCUT2D eigenvalue weighted by Gasteiger charge is 2.17. The molecule has 5 heteroatoms. The first-order valence-electron chi connectivity index (χ1n) is 6.16. The number of carbonyl (C=O) groups excluding carboxylic acids is 1. The number of benzene rings is 1. The molecule has 1 aromatic rings. The van der Waals surface area contributed by atoms with Crippen LogP contribution in [0, 0.1) is 17.2 Å². The molecule has 1 atom stereocenters. The molecular weight excluding hydrogens is 242 g/mol. The highest BCUT2D eigenvalue weighted by molar-refractivity contribution is 5.98. The number of rotatable bonds is 5. The van der Waals surface area contributed by atoms with Crippen LogP contribution in [0.2, 0.25) is 0 Å². The third kappa shape index (κ3) is 3.38. The van der Waals surface area contributed by atoms with E-state index in [1.165, 1.54) is 7.11 Å². The lowest BCUT2D eigenvalue weighted by Gasteiger charge is -2.26. The van der Waals surface area contributed by atoms with Crippen LogP contribution < -0.4 is 10.6 Å². The SMILES string of the molecule is CCN(CC(C)C#N)c1cccc(C(=O)OC)c1N. The normalized spacial score (nSPS) is 11.5. The minimum absolute atomic E-state index is 0.110. The van der Waals surface area contributed by atoms with E-state index in [0.717, 1.165) is 5.69 Å². The zero-order valence-corrected chi connectivity index (χ0v) is 11.5. The fourth-order valence-corrected chi connectivity index (χ4v) is 1.89. The third-order valence-corrected chi connectivity index (χ3v) is 2.93. The Morgan fingerprint density at radius 1 is 1.58 bits per heavy atom. The van der Waals surface area contributed by atoms with E-state index in [0.29, 0.717) is 24.3 Å². The molecule has 0 heterocycles. The van der Waals surface area contributed by atoms with Gasteiger partial charge in [0.1, 0.15) is 0 Å². The summed E-state index contributed by atoms with van der Waals surface area (Å²) in [7, 11) is 1.32. The first kappa shape index (κ1) is 14.8. The third-order valence-electron chi connectivity index (χ3n) is 2.93. The van der Waals surface area contributed by atoms with Gasteiger partial charge < -0.3 is 15.4 Å². The minimum atomic E-state index is -0.455. The molecule has 102 valence electrons. The van der Waals surface area contributed by atoms with Crippen molar-refractivity contribution < 1.29 is 9.53 Å². The largest absolute Gasteiger partial charge is 0.465 e. The summed E-state index contributed by atoms with van der Waals surface area (Å²) in [5, 5.41) is 8.89. The van der Waals surface area contributed by atoms with Crippen molar-refractivity contribution in [1.29, 1.82) is 5.26 Å². The second-order valence-corrected chi connectivity index (χ2v) is 4.30. The van der Waals surface area contributed by atoms with Gasteiger partial charge in [-0.25, -0.2) is 4.79 Å². The van der Waals surface area contributed by atoms with Crippen molar-refractivity contribution in [2.45, 2.75) is 13.8 Å². The van der Waals surface area contributed by atoms with Gasteiger partial charge in [0.05, 0.1) is 36.0 Å². The summed E-state index contributed by atoms with van der Waals surface area (Å²) in [5.41, 5.74) is 7.53. The van der Waals surface area contributed by atoms with Crippen LogP contribution >= 0.6 is 0 Å². The average molecular weight is 261 g/mol. The molecule has 1 unspecified atom stereocenters. The Morgan fingerprint density at radius 2 is 2.26 bits per heavy atom. The van der Waals surface area contributed by atoms with Gasteiger partial charge in [-0.05, 0) is 26.0 Å². The molecule has 5 nitrogen and oxygen atoms in total. The van der Waals surface area contributed by atoms with Crippen molar-refractivity contribution in [3.05, 3.63) is 23.8 Å². The summed E-state index contributed by atoms with van der Waals surface area (Å²) in [6.07, 6.45) is 0. The number of hydrogen-bond acceptors (Lipinski definition) is 5. The van der Waals surface area contributed by atoms with Crippen LogP contribution in [0.4, 0.5) is 11.4 Å². The summed E-state index contributed by atoms with van der Waals surface area (Å²) < 4.78 is 4.70. The molecule has 0 aliphatic heterocycles. The van der Waals surface area contributed by atoms with Gasteiger partial charge in [-0.3, -0.25) is 0 Å². The molecule has 0 aliphatic carbocycles. The smallest absolute Gasteiger partial charge is 0.340 e. The van der Waals surface area contributed by atoms with Gasteiger partial charge in [-0.1, -0.05) is 6.07 Å². The van der Waals surface area contributed by atoms with Gasteiger partial charge in [-0.15, -0.1) is 0 Å². The second-order valence-electron chi connectivity index (χ2n) is 4.30. The zero-order valence-electron chi connectivity index (χ0n) is 11.5. The highest BCUT2D eigenvalue weighted by atomic mass is 16.5. The zero-order chi connectivity index (χ0) is 14.4. The number of nitrogens with zero attached hydrogens (tertiary/aromatic N) is 2. The number of ether oxygens (including phenoxy) is 1. The lowest BCUT2D eigenvalue weighted by molar-refractivity contribution is 0.0602. The molecule has 0 aliphatic rings. The molecule has 0 amide bonds. The molecule has 0 bridgehead atoms. The first-order valence-corrected chi connectivity index (χ1v) is 6.16. The van der Waals surface area contributed by atoms with Crippen molar-refractivity contribution in [3.8, 4) is 6.07 Å². The minimum Gasteiger partial charge on any atom is -0.465 e. The van der Waals surface area contributed by atoms with E-state index < -0.39 is 5.97 Å². The highest BCUT2D eigenvalue weighted by Crippen LogP contribution is 2.27. The van der Waals surface area contributed by atoms with Gasteiger partial charge in [0.15, 0.2) is 0 Å². The number of esters is 1. The number of carbonyl (C=O) groups is 1. The number of hydrogen-bond donors (Lipinski definition) is 1. The Bertz CT molecular complexity index is 494. The maximum Gasteiger partial charge on any atom is 0.340 e. The molecule has 0 fully saturated rings. The van der Waals surface area contributed by atoms with Gasteiger partial charge in [0.25, 0.3) is 0 Å². The van der Waals surface area contributed by atoms with Crippen LogP contribution in [0.25, 0.3) is 0 Å². The number of nitriles is 1. The number of nitrogens with two attached hydrogens (primary N) is 1. The van der Waals surface area contributed by atoms with Crippen molar-refractivity contribution in [2.75, 3.05) is 30.8 Å². The van der Waals surface area contributed by atoms with Crippen LogP contribution in [0.3, 0.4) is 0 Å². The Kier molecular flexibility index (Phi) is 5.19. The Labute approximate surface area is 113 Å². The van der Waals surface area contributed by atoms with E-state index in [4.69, 9.17) is 15.7 Å². The summed E-state index contributed by atoms with van der Waals surface area (Å²) in [6.45, 7) is 5.11. The van der Waals surface area contributed by atoms with Crippen LogP contribution in [-0.4, -0.2) is 26.2 Å². The monoisotopic (exact) mass is 261 g/mol. The van der Waals surface area contributed by atoms with Crippen LogP contribution in [0.1, 0.15) is 24.2 Å². The van der Waals surface area contributed by atoms with E-state index >= 15 is 0 Å². The molecule has 1 rings (SSSR count). The number of methoxy groups -OCH3 is 1. The van der Waals surface area contributed by atoms with Crippen molar-refractivity contribution in [2.24, 2.45) is 5.92 Å². The first-order chi connectivity index (χ1) is 9.04. The van der Waals surface area contributed by atoms with Gasteiger partial charge in [0.2, 0.25) is 0 Å². The summed E-state index contributed by atoms with van der Waals surface area (Å²) in [6, 6.07) is 7.43. The van der Waals surface area contributed by atoms with Crippen molar-refractivity contribution >= 4 is 17.3 Å². The van der Waals surface area contributed by atoms with E-state index in [-0.39, 0.29) is 5.92 Å². The number of para-hydroxylation sites is 1. The topological polar surface area (TPSA) is 79.3 Å². The fourth-order valence-electron chi connectivity index (χ4n) is 1.89. The van der Waals surface area contributed by atoms with E-state index in [2.05, 4.69) is 6.07 Å². The molecule has 19 heavy (non-hydrogen) atoms. The van der Waals surface area contributed by atoms with Crippen molar-refractivity contribution in [1.82, 2.24) is 0 Å². The molecule has 0 aromatic heterocycles. The Balaban J connectivity index is 3.12. The number of anilines is 2. The standard InChI is InChI=1S/C14H19N3O2/c1-4-17(9-10(2)8-15)12-7-5-6-11(13(12)16)14(18)19-3/h5-7,10H,4,9,16H2,1-3H3. The van der Waals surface area contributed by atoms with E-state index in [1.54, 1.807) is 12.1 Å². The Morgan fingerprint density at radius 3 is 2.79 bits per heavy atom. The maximum absolute atomic E-state index is 11.6.